The van der Waals surface area contributed by atoms with E-state index in [1.807, 2.05) is 33.9 Å². The summed E-state index contributed by atoms with van der Waals surface area (Å²) in [7, 11) is -12.1. The fourth-order valence-electron chi connectivity index (χ4n) is 2.99. The van der Waals surface area contributed by atoms with Gasteiger partial charge < -0.3 is 9.33 Å². The van der Waals surface area contributed by atoms with Gasteiger partial charge in [0, 0.05) is 13.0 Å². The molecule has 1 aliphatic heterocycles. The van der Waals surface area contributed by atoms with E-state index in [9.17, 15) is 24.2 Å². The third kappa shape index (κ3) is 5.94. The van der Waals surface area contributed by atoms with E-state index in [-0.39, 0.29) is 29.5 Å². The molecule has 0 radical (unpaired) electrons. The number of benzene rings is 1. The van der Waals surface area contributed by atoms with Crippen molar-refractivity contribution in [3.63, 3.8) is 0 Å². The Kier molecular flexibility index (Phi) is 5.78. The zero-order valence-electron chi connectivity index (χ0n) is 17.5. The predicted molar refractivity (Wildman–Crippen MR) is 109 cm³/mol. The number of carbonyl (C=O) groups excluding carboxylic acids is 1. The first-order chi connectivity index (χ1) is 12.8. The highest BCUT2D eigenvalue weighted by molar-refractivity contribution is 8.45. The first-order valence-corrected chi connectivity index (χ1v) is 14.5. The minimum atomic E-state index is -9.82. The quantitative estimate of drug-likeness (QED) is 0.327. The molecule has 1 unspecified atom stereocenters. The van der Waals surface area contributed by atoms with E-state index >= 15 is 0 Å². The van der Waals surface area contributed by atoms with Crippen LogP contribution in [0.4, 0.5) is 19.4 Å². The molecule has 1 aromatic rings. The van der Waals surface area contributed by atoms with E-state index in [2.05, 4.69) is 0 Å². The Morgan fingerprint density at radius 3 is 2.28 bits per heavy atom. The van der Waals surface area contributed by atoms with Crippen molar-refractivity contribution in [2.75, 3.05) is 13.2 Å². The van der Waals surface area contributed by atoms with Crippen molar-refractivity contribution in [3.05, 3.63) is 29.8 Å². The van der Waals surface area contributed by atoms with E-state index in [1.165, 1.54) is 11.0 Å². The molecule has 29 heavy (non-hydrogen) atoms. The summed E-state index contributed by atoms with van der Waals surface area (Å²) in [4.78, 5) is 12.0. The lowest BCUT2D eigenvalue weighted by atomic mass is 10.0. The van der Waals surface area contributed by atoms with Crippen LogP contribution in [0.1, 0.15) is 51.6 Å². The van der Waals surface area contributed by atoms with Gasteiger partial charge in [-0.05, 0) is 48.7 Å². The summed E-state index contributed by atoms with van der Waals surface area (Å²) < 4.78 is 72.9. The van der Waals surface area contributed by atoms with Crippen LogP contribution in [0.3, 0.4) is 0 Å². The number of carbonyl (C=O) groups is 1. The standard InChI is InChI=1S/C19H30F5NO2SSi/c1-19(2,3)29(4,5)27-14-17(25-12-7-6-11-18(25)26)15-9-8-10-16(13-15)28(20,21,22,23)24/h8-10,13,17H,6-7,11-12,14H2,1-5H3. The minimum absolute atomic E-state index is 0.0182. The topological polar surface area (TPSA) is 29.5 Å². The summed E-state index contributed by atoms with van der Waals surface area (Å²) in [5, 5.41) is -0.144. The van der Waals surface area contributed by atoms with Crippen LogP contribution in [0.15, 0.2) is 29.2 Å². The molecule has 168 valence electrons. The molecule has 0 spiro atoms. The van der Waals surface area contributed by atoms with E-state index in [0.29, 0.717) is 31.5 Å². The molecule has 1 aliphatic rings. The van der Waals surface area contributed by atoms with Crippen molar-refractivity contribution < 1.29 is 28.6 Å². The van der Waals surface area contributed by atoms with Crippen molar-refractivity contribution >= 4 is 24.4 Å². The van der Waals surface area contributed by atoms with Gasteiger partial charge in [0.2, 0.25) is 5.91 Å². The Bertz CT molecular complexity index is 777. The Morgan fingerprint density at radius 2 is 1.76 bits per heavy atom. The summed E-state index contributed by atoms with van der Waals surface area (Å²) in [5.74, 6) is -0.196. The lowest BCUT2D eigenvalue weighted by Crippen LogP contribution is -2.45. The highest BCUT2D eigenvalue weighted by Crippen LogP contribution is 3.02. The predicted octanol–water partition coefficient (Wildman–Crippen LogP) is 7.42. The number of rotatable bonds is 6. The van der Waals surface area contributed by atoms with Crippen molar-refractivity contribution in [2.24, 2.45) is 0 Å². The van der Waals surface area contributed by atoms with Crippen LogP contribution in [-0.4, -0.2) is 32.3 Å². The van der Waals surface area contributed by atoms with Crippen LogP contribution in [0.2, 0.25) is 18.1 Å². The second-order valence-corrected chi connectivity index (χ2v) is 16.4. The number of hydrogen-bond acceptors (Lipinski definition) is 2. The third-order valence-electron chi connectivity index (χ3n) is 5.83. The van der Waals surface area contributed by atoms with E-state index in [4.69, 9.17) is 4.43 Å². The van der Waals surface area contributed by atoms with Crippen LogP contribution in [0.25, 0.3) is 0 Å². The normalized spacial score (nSPS) is 20.2. The maximum Gasteiger partial charge on any atom is 0.310 e. The number of nitrogens with zero attached hydrogens (tertiary/aromatic N) is 1. The number of hydrogen-bond donors (Lipinski definition) is 0. The molecule has 0 bridgehead atoms. The summed E-state index contributed by atoms with van der Waals surface area (Å²) in [5.41, 5.74) is 0.0182. The van der Waals surface area contributed by atoms with Crippen molar-refractivity contribution in [2.45, 2.75) is 69.1 Å². The summed E-state index contributed by atoms with van der Waals surface area (Å²) in [6.07, 6.45) is 1.71. The zero-order valence-corrected chi connectivity index (χ0v) is 19.3. The zero-order chi connectivity index (χ0) is 22.4. The molecule has 0 aliphatic carbocycles. The second-order valence-electron chi connectivity index (χ2n) is 9.17. The Hall–Kier alpha value is -1.13. The molecular weight excluding hydrogens is 429 g/mol. The highest BCUT2D eigenvalue weighted by atomic mass is 32.5. The number of amides is 1. The molecule has 0 aromatic heterocycles. The average Bonchev–Trinajstić information content (AvgIpc) is 2.54. The molecule has 1 saturated heterocycles. The molecule has 3 nitrogen and oxygen atoms in total. The van der Waals surface area contributed by atoms with Crippen LogP contribution in [-0.2, 0) is 9.22 Å². The molecule has 2 rings (SSSR count). The molecule has 1 fully saturated rings. The fraction of sp³-hybridized carbons (Fsp3) is 0.632. The van der Waals surface area contributed by atoms with Gasteiger partial charge in [0.1, 0.15) is 4.90 Å². The highest BCUT2D eigenvalue weighted by Gasteiger charge is 2.65. The molecule has 1 amide bonds. The fourth-order valence-corrected chi connectivity index (χ4v) is 4.69. The Labute approximate surface area is 170 Å². The maximum atomic E-state index is 13.3. The van der Waals surface area contributed by atoms with E-state index < -0.39 is 29.5 Å². The molecule has 0 saturated carbocycles. The summed E-state index contributed by atoms with van der Waals surface area (Å²) in [6.45, 7) is 10.4. The van der Waals surface area contributed by atoms with Crippen LogP contribution in [0, 0.1) is 0 Å². The number of halogens is 5. The van der Waals surface area contributed by atoms with Crippen LogP contribution < -0.4 is 0 Å². The first-order valence-electron chi connectivity index (χ1n) is 9.59. The molecule has 1 aromatic carbocycles. The van der Waals surface area contributed by atoms with Gasteiger partial charge in [-0.15, -0.1) is 0 Å². The molecule has 1 atom stereocenters. The largest absolute Gasteiger partial charge is 0.414 e. The van der Waals surface area contributed by atoms with Gasteiger partial charge in [0.25, 0.3) is 0 Å². The molecular formula is C19H30F5NO2SSi. The van der Waals surface area contributed by atoms with Crippen LogP contribution in [0.5, 0.6) is 0 Å². The average molecular weight is 460 g/mol. The van der Waals surface area contributed by atoms with Crippen molar-refractivity contribution in [1.82, 2.24) is 4.90 Å². The molecule has 10 heteroatoms. The summed E-state index contributed by atoms with van der Waals surface area (Å²) >= 11 is 0. The number of likely N-dealkylation sites (tertiary alicyclic amines) is 1. The lowest BCUT2D eigenvalue weighted by molar-refractivity contribution is -0.136. The van der Waals surface area contributed by atoms with E-state index in [0.717, 1.165) is 6.07 Å². The third-order valence-corrected chi connectivity index (χ3v) is 11.5. The van der Waals surface area contributed by atoms with Crippen LogP contribution >= 0.6 is 10.2 Å². The van der Waals surface area contributed by atoms with Crippen molar-refractivity contribution in [3.8, 4) is 0 Å². The van der Waals surface area contributed by atoms with Gasteiger partial charge in [0.15, 0.2) is 8.32 Å². The smallest absolute Gasteiger partial charge is 0.310 e. The molecule has 0 N–H and O–H groups in total. The minimum Gasteiger partial charge on any atom is -0.414 e. The maximum absolute atomic E-state index is 13.3. The lowest BCUT2D eigenvalue weighted by Gasteiger charge is -2.42. The van der Waals surface area contributed by atoms with Gasteiger partial charge in [-0.1, -0.05) is 52.3 Å². The van der Waals surface area contributed by atoms with E-state index in [1.54, 1.807) is 0 Å². The first kappa shape index (κ1) is 24.1. The Balaban J connectivity index is 2.45. The second kappa shape index (κ2) is 6.95. The molecule has 1 heterocycles. The number of piperidine rings is 1. The Morgan fingerprint density at radius 1 is 1.14 bits per heavy atom. The summed E-state index contributed by atoms with van der Waals surface area (Å²) in [6, 6.07) is 2.35. The van der Waals surface area contributed by atoms with Gasteiger partial charge in [-0.2, -0.15) is 0 Å². The monoisotopic (exact) mass is 459 g/mol. The van der Waals surface area contributed by atoms with Gasteiger partial charge in [-0.3, -0.25) is 4.79 Å². The van der Waals surface area contributed by atoms with Gasteiger partial charge in [0.05, 0.1) is 12.6 Å². The SMILES string of the molecule is CC(C)(C)[Si](C)(C)OCC(c1cccc(S(F)(F)(F)(F)F)c1)N1CCCCC1=O. The van der Waals surface area contributed by atoms with Crippen molar-refractivity contribution in [1.29, 1.82) is 0 Å². The van der Waals surface area contributed by atoms with Gasteiger partial charge >= 0.3 is 10.2 Å². The van der Waals surface area contributed by atoms with Gasteiger partial charge in [-0.25, -0.2) is 0 Å².